The Morgan fingerprint density at radius 3 is 2.65 bits per heavy atom. The summed E-state index contributed by atoms with van der Waals surface area (Å²) in [6, 6.07) is 8.98. The number of ether oxygens (including phenoxy) is 1. The molecule has 138 valence electrons. The monoisotopic (exact) mass is 365 g/mol. The Morgan fingerprint density at radius 2 is 2.00 bits per heavy atom. The zero-order valence-corrected chi connectivity index (χ0v) is 13.8. The third-order valence-electron chi connectivity index (χ3n) is 5.42. The average Bonchev–Trinajstić information content (AvgIpc) is 2.96. The van der Waals surface area contributed by atoms with Gasteiger partial charge in [-0.25, -0.2) is 13.6 Å². The van der Waals surface area contributed by atoms with E-state index >= 15 is 0 Å². The molecular weight excluding hydrogens is 348 g/mol. The number of likely N-dealkylation sites (tertiary alicyclic amines) is 1. The van der Waals surface area contributed by atoms with Crippen LogP contribution in [0, 0.1) is 11.3 Å². The topological polar surface area (TPSA) is 88.7 Å². The Bertz CT molecular complexity index is 803. The first-order valence-electron chi connectivity index (χ1n) is 8.32. The predicted octanol–water partition coefficient (Wildman–Crippen LogP) is 3.14. The van der Waals surface area contributed by atoms with Crippen LogP contribution in [-0.4, -0.2) is 51.9 Å². The molecule has 1 saturated carbocycles. The summed E-state index contributed by atoms with van der Waals surface area (Å²) < 4.78 is 39.1. The number of piperidine rings is 1. The van der Waals surface area contributed by atoms with Gasteiger partial charge in [0, 0.05) is 24.1 Å². The van der Waals surface area contributed by atoms with Crippen LogP contribution in [0.3, 0.4) is 0 Å². The van der Waals surface area contributed by atoms with Gasteiger partial charge in [-0.2, -0.15) is 4.98 Å². The number of carboxylic acid groups (broad SMARTS) is 1. The lowest BCUT2D eigenvalue weighted by Crippen LogP contribution is -2.40. The number of halogens is 2. The van der Waals surface area contributed by atoms with Crippen LogP contribution < -0.4 is 4.74 Å². The fraction of sp³-hybridized carbons (Fsp3) is 0.471. The molecule has 7 nitrogen and oxygen atoms in total. The van der Waals surface area contributed by atoms with Gasteiger partial charge in [-0.15, -0.1) is 0 Å². The normalized spacial score (nSPS) is 23.0. The van der Waals surface area contributed by atoms with E-state index in [0.29, 0.717) is 5.56 Å². The Labute approximate surface area is 147 Å². The number of alkyl halides is 2. The van der Waals surface area contributed by atoms with Crippen LogP contribution in [0.25, 0.3) is 11.5 Å². The number of benzene rings is 1. The minimum atomic E-state index is -2.87. The number of rotatable bonds is 4. The fourth-order valence-electron chi connectivity index (χ4n) is 3.76. The summed E-state index contributed by atoms with van der Waals surface area (Å²) in [4.78, 5) is 16.2. The number of aromatic nitrogens is 2. The van der Waals surface area contributed by atoms with Gasteiger partial charge in [-0.05, 0) is 30.1 Å². The zero-order valence-electron chi connectivity index (χ0n) is 13.8. The van der Waals surface area contributed by atoms with Gasteiger partial charge in [0.15, 0.2) is 0 Å². The van der Waals surface area contributed by atoms with E-state index in [1.165, 1.54) is 4.90 Å². The maximum atomic E-state index is 14.3. The molecule has 1 aliphatic heterocycles. The van der Waals surface area contributed by atoms with Crippen molar-refractivity contribution >= 4 is 6.09 Å². The lowest BCUT2D eigenvalue weighted by molar-refractivity contribution is 0.0285. The smallest absolute Gasteiger partial charge is 0.407 e. The average molecular weight is 365 g/mol. The lowest BCUT2D eigenvalue weighted by atomic mass is 9.90. The van der Waals surface area contributed by atoms with Gasteiger partial charge >= 0.3 is 12.1 Å². The molecule has 2 heterocycles. The van der Waals surface area contributed by atoms with Gasteiger partial charge in [0.1, 0.15) is 6.61 Å². The number of carbonyl (C=O) groups is 1. The maximum Gasteiger partial charge on any atom is 0.407 e. The third-order valence-corrected chi connectivity index (χ3v) is 5.42. The van der Waals surface area contributed by atoms with E-state index in [4.69, 9.17) is 14.4 Å². The van der Waals surface area contributed by atoms with Crippen LogP contribution in [-0.2, 0) is 0 Å². The van der Waals surface area contributed by atoms with Crippen molar-refractivity contribution in [2.45, 2.75) is 18.8 Å². The summed E-state index contributed by atoms with van der Waals surface area (Å²) in [5.41, 5.74) is -0.477. The summed E-state index contributed by atoms with van der Waals surface area (Å²) in [5.74, 6) is -3.58. The van der Waals surface area contributed by atoms with Gasteiger partial charge < -0.3 is 19.3 Å². The third kappa shape index (κ3) is 2.58. The van der Waals surface area contributed by atoms with Gasteiger partial charge in [0.05, 0.1) is 5.92 Å². The SMILES string of the molecule is O=C(O)N1CCC2(CC1)C(COc1noc(-c3ccccc3)n1)C2(F)F. The van der Waals surface area contributed by atoms with Gasteiger partial charge in [0.2, 0.25) is 0 Å². The molecule has 4 rings (SSSR count). The molecule has 26 heavy (non-hydrogen) atoms. The minimum absolute atomic E-state index is 0.0790. The molecule has 1 saturated heterocycles. The second-order valence-electron chi connectivity index (χ2n) is 6.66. The molecule has 1 spiro atoms. The Balaban J connectivity index is 1.38. The van der Waals surface area contributed by atoms with Crippen LogP contribution in [0.4, 0.5) is 13.6 Å². The molecule has 1 amide bonds. The second kappa shape index (κ2) is 5.93. The highest BCUT2D eigenvalue weighted by Gasteiger charge is 2.80. The summed E-state index contributed by atoms with van der Waals surface area (Å²) in [5, 5.41) is 12.6. The quantitative estimate of drug-likeness (QED) is 0.895. The van der Waals surface area contributed by atoms with Crippen molar-refractivity contribution in [3.8, 4) is 17.5 Å². The minimum Gasteiger partial charge on any atom is -0.465 e. The molecular formula is C17H17F2N3O4. The molecule has 0 radical (unpaired) electrons. The number of hydrogen-bond donors (Lipinski definition) is 1. The van der Waals surface area contributed by atoms with E-state index in [1.54, 1.807) is 12.1 Å². The van der Waals surface area contributed by atoms with E-state index < -0.39 is 23.3 Å². The van der Waals surface area contributed by atoms with E-state index in [-0.39, 0.29) is 44.4 Å². The van der Waals surface area contributed by atoms with Crippen molar-refractivity contribution in [3.63, 3.8) is 0 Å². The van der Waals surface area contributed by atoms with E-state index in [1.807, 2.05) is 18.2 Å². The molecule has 1 aliphatic carbocycles. The predicted molar refractivity (Wildman–Crippen MR) is 84.9 cm³/mol. The van der Waals surface area contributed by atoms with Gasteiger partial charge in [-0.3, -0.25) is 0 Å². The Morgan fingerprint density at radius 1 is 1.31 bits per heavy atom. The molecule has 1 aromatic carbocycles. The van der Waals surface area contributed by atoms with Crippen molar-refractivity contribution in [1.29, 1.82) is 0 Å². The number of amides is 1. The standard InChI is InChI=1S/C17H17F2N3O4/c18-17(19)12(16(17)6-8-22(9-7-16)15(23)24)10-25-14-20-13(26-21-14)11-4-2-1-3-5-11/h1-5,12H,6-10H2,(H,23,24). The molecule has 1 unspecified atom stereocenters. The van der Waals surface area contributed by atoms with Crippen LogP contribution >= 0.6 is 0 Å². The van der Waals surface area contributed by atoms with E-state index in [2.05, 4.69) is 10.1 Å². The highest BCUT2D eigenvalue weighted by atomic mass is 19.3. The lowest BCUT2D eigenvalue weighted by Gasteiger charge is -2.30. The fourth-order valence-corrected chi connectivity index (χ4v) is 3.76. The summed E-state index contributed by atoms with van der Waals surface area (Å²) in [6.07, 6.45) is -0.819. The molecule has 2 aliphatic rings. The van der Waals surface area contributed by atoms with Crippen LogP contribution in [0.2, 0.25) is 0 Å². The molecule has 1 aromatic heterocycles. The molecule has 9 heteroatoms. The zero-order chi connectivity index (χ0) is 18.4. The molecule has 2 fully saturated rings. The molecule has 0 bridgehead atoms. The van der Waals surface area contributed by atoms with E-state index in [0.717, 1.165) is 0 Å². The molecule has 1 atom stereocenters. The Hall–Kier alpha value is -2.71. The van der Waals surface area contributed by atoms with Crippen molar-refractivity contribution in [2.75, 3.05) is 19.7 Å². The van der Waals surface area contributed by atoms with Crippen molar-refractivity contribution < 1.29 is 27.9 Å². The van der Waals surface area contributed by atoms with Crippen LogP contribution in [0.15, 0.2) is 34.9 Å². The summed E-state index contributed by atoms with van der Waals surface area (Å²) in [7, 11) is 0. The van der Waals surface area contributed by atoms with Gasteiger partial charge in [0.25, 0.3) is 11.8 Å². The first-order valence-corrected chi connectivity index (χ1v) is 8.32. The highest BCUT2D eigenvalue weighted by Crippen LogP contribution is 2.70. The largest absolute Gasteiger partial charge is 0.465 e. The molecule has 2 aromatic rings. The van der Waals surface area contributed by atoms with Gasteiger partial charge in [-0.1, -0.05) is 18.2 Å². The first kappa shape index (κ1) is 16.7. The van der Waals surface area contributed by atoms with Crippen LogP contribution in [0.5, 0.6) is 6.01 Å². The number of nitrogens with zero attached hydrogens (tertiary/aromatic N) is 3. The van der Waals surface area contributed by atoms with Crippen molar-refractivity contribution in [1.82, 2.24) is 15.0 Å². The van der Waals surface area contributed by atoms with Crippen molar-refractivity contribution in [2.24, 2.45) is 11.3 Å². The second-order valence-corrected chi connectivity index (χ2v) is 6.66. The first-order chi connectivity index (χ1) is 12.4. The highest BCUT2D eigenvalue weighted by molar-refractivity contribution is 5.65. The number of hydrogen-bond acceptors (Lipinski definition) is 5. The van der Waals surface area contributed by atoms with Crippen molar-refractivity contribution in [3.05, 3.63) is 30.3 Å². The summed E-state index contributed by atoms with van der Waals surface area (Å²) in [6.45, 7) is -0.00257. The van der Waals surface area contributed by atoms with E-state index in [9.17, 15) is 13.6 Å². The molecule has 1 N–H and O–H groups in total. The van der Waals surface area contributed by atoms with Crippen LogP contribution in [0.1, 0.15) is 12.8 Å². The Kier molecular flexibility index (Phi) is 3.82. The maximum absolute atomic E-state index is 14.3. The summed E-state index contributed by atoms with van der Waals surface area (Å²) >= 11 is 0.